The Labute approximate surface area is 121 Å². The van der Waals surface area contributed by atoms with Crippen LogP contribution in [0.3, 0.4) is 0 Å². The molecule has 5 heteroatoms. The third-order valence-electron chi connectivity index (χ3n) is 3.10. The minimum atomic E-state index is -0.479. The van der Waals surface area contributed by atoms with Gasteiger partial charge in [-0.2, -0.15) is 0 Å². The molecule has 1 aromatic heterocycles. The molecule has 1 unspecified atom stereocenters. The van der Waals surface area contributed by atoms with Crippen molar-refractivity contribution >= 4 is 11.3 Å². The molecule has 20 heavy (non-hydrogen) atoms. The summed E-state index contributed by atoms with van der Waals surface area (Å²) < 4.78 is 27.5. The van der Waals surface area contributed by atoms with Crippen LogP contribution in [0.25, 0.3) is 0 Å². The summed E-state index contributed by atoms with van der Waals surface area (Å²) >= 11 is 1.57. The molecule has 0 aliphatic heterocycles. The van der Waals surface area contributed by atoms with Gasteiger partial charge in [-0.25, -0.2) is 13.8 Å². The zero-order chi connectivity index (χ0) is 14.4. The molecule has 1 atom stereocenters. The fourth-order valence-electron chi connectivity index (χ4n) is 2.10. The molecular formula is C15H18F2N2S. The van der Waals surface area contributed by atoms with E-state index in [2.05, 4.69) is 17.2 Å². The molecule has 1 heterocycles. The zero-order valence-corrected chi connectivity index (χ0v) is 12.2. The minimum Gasteiger partial charge on any atom is -0.313 e. The van der Waals surface area contributed by atoms with E-state index in [4.69, 9.17) is 0 Å². The highest BCUT2D eigenvalue weighted by molar-refractivity contribution is 7.09. The number of thiazole rings is 1. The van der Waals surface area contributed by atoms with E-state index in [9.17, 15) is 8.78 Å². The molecule has 0 fully saturated rings. The summed E-state index contributed by atoms with van der Waals surface area (Å²) in [5, 5.41) is 6.24. The standard InChI is InChI=1S/C15H18F2N2S/c1-2-6-18-11(10-15-19-7-8-20-15)9-12-13(16)4-3-5-14(12)17/h3-5,7-8,11,18H,2,6,9-10H2,1H3. The number of nitrogens with zero attached hydrogens (tertiary/aromatic N) is 1. The van der Waals surface area contributed by atoms with Crippen LogP contribution in [0.4, 0.5) is 8.78 Å². The highest BCUT2D eigenvalue weighted by atomic mass is 32.1. The van der Waals surface area contributed by atoms with E-state index < -0.39 is 11.6 Å². The lowest BCUT2D eigenvalue weighted by Crippen LogP contribution is -2.34. The van der Waals surface area contributed by atoms with Crippen LogP contribution in [0.2, 0.25) is 0 Å². The number of aromatic nitrogens is 1. The van der Waals surface area contributed by atoms with Crippen molar-refractivity contribution in [2.24, 2.45) is 0 Å². The number of hydrogen-bond donors (Lipinski definition) is 1. The maximum absolute atomic E-state index is 13.7. The number of nitrogens with one attached hydrogen (secondary N) is 1. The minimum absolute atomic E-state index is 0.00694. The SMILES string of the molecule is CCCNC(Cc1nccs1)Cc1c(F)cccc1F. The smallest absolute Gasteiger partial charge is 0.129 e. The van der Waals surface area contributed by atoms with Gasteiger partial charge in [0.15, 0.2) is 0 Å². The average Bonchev–Trinajstić information content (AvgIpc) is 2.93. The summed E-state index contributed by atoms with van der Waals surface area (Å²) in [5.74, 6) is -0.958. The molecular weight excluding hydrogens is 278 g/mol. The first kappa shape index (κ1) is 15.1. The van der Waals surface area contributed by atoms with E-state index >= 15 is 0 Å². The van der Waals surface area contributed by atoms with E-state index in [0.717, 1.165) is 18.0 Å². The molecule has 0 amide bonds. The van der Waals surface area contributed by atoms with Crippen LogP contribution < -0.4 is 5.32 Å². The van der Waals surface area contributed by atoms with Crippen molar-refractivity contribution < 1.29 is 8.78 Å². The van der Waals surface area contributed by atoms with Crippen molar-refractivity contribution in [3.05, 3.63) is 52.0 Å². The van der Waals surface area contributed by atoms with Crippen molar-refractivity contribution in [1.82, 2.24) is 10.3 Å². The second-order valence-corrected chi connectivity index (χ2v) is 5.66. The molecule has 0 saturated carbocycles. The molecule has 1 N–H and O–H groups in total. The Morgan fingerprint density at radius 1 is 1.25 bits per heavy atom. The normalized spacial score (nSPS) is 12.6. The quantitative estimate of drug-likeness (QED) is 0.845. The van der Waals surface area contributed by atoms with Crippen molar-refractivity contribution in [2.75, 3.05) is 6.54 Å². The molecule has 0 aliphatic rings. The molecule has 0 radical (unpaired) electrons. The Bertz CT molecular complexity index is 508. The average molecular weight is 296 g/mol. The predicted octanol–water partition coefficient (Wildman–Crippen LogP) is 3.57. The Kier molecular flexibility index (Phi) is 5.61. The molecule has 2 rings (SSSR count). The van der Waals surface area contributed by atoms with Gasteiger partial charge in [0.2, 0.25) is 0 Å². The molecule has 1 aromatic carbocycles. The van der Waals surface area contributed by atoms with Gasteiger partial charge >= 0.3 is 0 Å². The lowest BCUT2D eigenvalue weighted by molar-refractivity contribution is 0.474. The van der Waals surface area contributed by atoms with Gasteiger partial charge in [0, 0.05) is 29.6 Å². The number of benzene rings is 1. The van der Waals surface area contributed by atoms with Crippen LogP contribution >= 0.6 is 11.3 Å². The van der Waals surface area contributed by atoms with Gasteiger partial charge in [0.25, 0.3) is 0 Å². The molecule has 2 nitrogen and oxygen atoms in total. The first-order valence-corrected chi connectivity index (χ1v) is 7.63. The van der Waals surface area contributed by atoms with Crippen molar-refractivity contribution in [3.8, 4) is 0 Å². The van der Waals surface area contributed by atoms with Crippen LogP contribution in [0.1, 0.15) is 23.9 Å². The first-order valence-electron chi connectivity index (χ1n) is 6.75. The summed E-state index contributed by atoms with van der Waals surface area (Å²) in [4.78, 5) is 4.24. The summed E-state index contributed by atoms with van der Waals surface area (Å²) in [7, 11) is 0. The topological polar surface area (TPSA) is 24.9 Å². The van der Waals surface area contributed by atoms with Gasteiger partial charge in [-0.1, -0.05) is 13.0 Å². The molecule has 0 bridgehead atoms. The van der Waals surface area contributed by atoms with Gasteiger partial charge in [-0.15, -0.1) is 11.3 Å². The molecule has 108 valence electrons. The Hall–Kier alpha value is -1.33. The number of halogens is 2. The van der Waals surface area contributed by atoms with E-state index in [1.54, 1.807) is 17.5 Å². The lowest BCUT2D eigenvalue weighted by atomic mass is 10.0. The number of rotatable bonds is 7. The van der Waals surface area contributed by atoms with Gasteiger partial charge in [-0.3, -0.25) is 0 Å². The van der Waals surface area contributed by atoms with Crippen LogP contribution in [0.15, 0.2) is 29.8 Å². The fraction of sp³-hybridized carbons (Fsp3) is 0.400. The zero-order valence-electron chi connectivity index (χ0n) is 11.4. The van der Waals surface area contributed by atoms with E-state index in [1.165, 1.54) is 18.2 Å². The van der Waals surface area contributed by atoms with Crippen LogP contribution in [0, 0.1) is 11.6 Å². The van der Waals surface area contributed by atoms with Crippen molar-refractivity contribution in [1.29, 1.82) is 0 Å². The molecule has 2 aromatic rings. The fourth-order valence-corrected chi connectivity index (χ4v) is 2.80. The van der Waals surface area contributed by atoms with E-state index in [1.807, 2.05) is 5.38 Å². The predicted molar refractivity (Wildman–Crippen MR) is 78.0 cm³/mol. The number of hydrogen-bond acceptors (Lipinski definition) is 3. The van der Waals surface area contributed by atoms with Crippen LogP contribution in [-0.4, -0.2) is 17.6 Å². The van der Waals surface area contributed by atoms with Gasteiger partial charge < -0.3 is 5.32 Å². The lowest BCUT2D eigenvalue weighted by Gasteiger charge is -2.18. The summed E-state index contributed by atoms with van der Waals surface area (Å²) in [5.41, 5.74) is 0.151. The molecule has 0 spiro atoms. The van der Waals surface area contributed by atoms with Crippen molar-refractivity contribution in [3.63, 3.8) is 0 Å². The molecule has 0 aliphatic carbocycles. The third kappa shape index (κ3) is 4.08. The Morgan fingerprint density at radius 3 is 2.60 bits per heavy atom. The second kappa shape index (κ2) is 7.45. The summed E-state index contributed by atoms with van der Waals surface area (Å²) in [6.07, 6.45) is 3.75. The monoisotopic (exact) mass is 296 g/mol. The van der Waals surface area contributed by atoms with Gasteiger partial charge in [0.05, 0.1) is 5.01 Å². The van der Waals surface area contributed by atoms with Gasteiger partial charge in [-0.05, 0) is 31.5 Å². The maximum atomic E-state index is 13.7. The van der Waals surface area contributed by atoms with Gasteiger partial charge in [0.1, 0.15) is 11.6 Å². The van der Waals surface area contributed by atoms with E-state index in [0.29, 0.717) is 12.8 Å². The maximum Gasteiger partial charge on any atom is 0.129 e. The second-order valence-electron chi connectivity index (χ2n) is 4.69. The van der Waals surface area contributed by atoms with Crippen LogP contribution in [-0.2, 0) is 12.8 Å². The first-order chi connectivity index (χ1) is 9.70. The highest BCUT2D eigenvalue weighted by Gasteiger charge is 2.16. The summed E-state index contributed by atoms with van der Waals surface area (Å²) in [6.45, 7) is 2.89. The van der Waals surface area contributed by atoms with E-state index in [-0.39, 0.29) is 11.6 Å². The largest absolute Gasteiger partial charge is 0.313 e. The molecule has 0 saturated heterocycles. The highest BCUT2D eigenvalue weighted by Crippen LogP contribution is 2.17. The summed E-state index contributed by atoms with van der Waals surface area (Å²) in [6, 6.07) is 3.99. The Morgan fingerprint density at radius 2 is 2.00 bits per heavy atom. The van der Waals surface area contributed by atoms with Crippen LogP contribution in [0.5, 0.6) is 0 Å². The Balaban J connectivity index is 2.10. The third-order valence-corrected chi connectivity index (χ3v) is 3.90. The van der Waals surface area contributed by atoms with Crippen molar-refractivity contribution in [2.45, 2.75) is 32.2 Å².